The summed E-state index contributed by atoms with van der Waals surface area (Å²) in [4.78, 5) is 11.6. The molecule has 0 unspecified atom stereocenters. The lowest BCUT2D eigenvalue weighted by Crippen LogP contribution is -2.35. The first-order chi connectivity index (χ1) is 8.73. The van der Waals surface area contributed by atoms with Gasteiger partial charge in [-0.2, -0.15) is 0 Å². The van der Waals surface area contributed by atoms with Gasteiger partial charge >= 0.3 is 6.36 Å². The number of halogens is 3. The number of rotatable bonds is 4. The topological polar surface area (TPSA) is 84.6 Å². The van der Waals surface area contributed by atoms with Gasteiger partial charge in [0.2, 0.25) is 0 Å². The van der Waals surface area contributed by atoms with Crippen LogP contribution in [-0.4, -0.2) is 30.0 Å². The molecule has 0 fully saturated rings. The number of aliphatic hydroxyl groups excluding tert-OH is 1. The molecule has 0 saturated heterocycles. The summed E-state index contributed by atoms with van der Waals surface area (Å²) in [6.45, 7) is 1.32. The molecule has 0 saturated carbocycles. The Bertz CT molecular complexity index is 463. The van der Waals surface area contributed by atoms with Crippen LogP contribution in [0.2, 0.25) is 0 Å². The van der Waals surface area contributed by atoms with Gasteiger partial charge in [0.05, 0.1) is 12.3 Å². The number of aliphatic hydroxyl groups is 1. The molecule has 1 aromatic carbocycles. The zero-order chi connectivity index (χ0) is 14.6. The molecule has 106 valence electrons. The molecule has 19 heavy (non-hydrogen) atoms. The van der Waals surface area contributed by atoms with E-state index in [0.717, 1.165) is 18.2 Å². The van der Waals surface area contributed by atoms with E-state index in [4.69, 9.17) is 10.8 Å². The number of ether oxygens (including phenoxy) is 1. The smallest absolute Gasteiger partial charge is 0.404 e. The molecule has 0 aliphatic heterocycles. The summed E-state index contributed by atoms with van der Waals surface area (Å²) in [5, 5.41) is 11.2. The van der Waals surface area contributed by atoms with Crippen LogP contribution in [0, 0.1) is 0 Å². The minimum Gasteiger partial charge on any atom is -0.404 e. The van der Waals surface area contributed by atoms with Gasteiger partial charge in [0, 0.05) is 11.6 Å². The third-order valence-electron chi connectivity index (χ3n) is 2.15. The van der Waals surface area contributed by atoms with Crippen LogP contribution in [0.5, 0.6) is 5.75 Å². The summed E-state index contributed by atoms with van der Waals surface area (Å²) in [7, 11) is 0. The molecule has 1 amide bonds. The van der Waals surface area contributed by atoms with Gasteiger partial charge in [-0.1, -0.05) is 0 Å². The first-order valence-electron chi connectivity index (χ1n) is 5.30. The van der Waals surface area contributed by atoms with Crippen LogP contribution in [0.1, 0.15) is 17.3 Å². The fraction of sp³-hybridized carbons (Fsp3) is 0.364. The number of hydrogen-bond donors (Lipinski definition) is 3. The van der Waals surface area contributed by atoms with E-state index < -0.39 is 24.1 Å². The Morgan fingerprint density at radius 1 is 1.53 bits per heavy atom. The van der Waals surface area contributed by atoms with E-state index in [9.17, 15) is 18.0 Å². The number of hydrogen-bond acceptors (Lipinski definition) is 4. The Kier molecular flexibility index (Phi) is 4.60. The molecule has 0 aliphatic rings. The number of nitrogens with one attached hydrogen (secondary N) is 1. The zero-order valence-electron chi connectivity index (χ0n) is 9.99. The number of amides is 1. The molecule has 5 nitrogen and oxygen atoms in total. The summed E-state index contributed by atoms with van der Waals surface area (Å²) < 4.78 is 39.7. The number of nitrogens with two attached hydrogens (primary N) is 1. The summed E-state index contributed by atoms with van der Waals surface area (Å²) >= 11 is 0. The van der Waals surface area contributed by atoms with Crippen molar-refractivity contribution in [2.45, 2.75) is 19.3 Å². The van der Waals surface area contributed by atoms with Gasteiger partial charge in [-0.05, 0) is 25.1 Å². The van der Waals surface area contributed by atoms with E-state index in [1.807, 2.05) is 0 Å². The molecule has 0 radical (unpaired) electrons. The van der Waals surface area contributed by atoms with Crippen LogP contribution in [0.3, 0.4) is 0 Å². The van der Waals surface area contributed by atoms with Crippen LogP contribution in [0.25, 0.3) is 0 Å². The second-order valence-electron chi connectivity index (χ2n) is 3.86. The van der Waals surface area contributed by atoms with Gasteiger partial charge in [-0.15, -0.1) is 13.2 Å². The van der Waals surface area contributed by atoms with Gasteiger partial charge in [0.25, 0.3) is 5.91 Å². The molecule has 0 aliphatic carbocycles. The minimum absolute atomic E-state index is 0.0762. The highest BCUT2D eigenvalue weighted by Gasteiger charge is 2.32. The van der Waals surface area contributed by atoms with E-state index >= 15 is 0 Å². The second kappa shape index (κ2) is 5.79. The maximum Gasteiger partial charge on any atom is 0.573 e. The number of carbonyl (C=O) groups is 1. The molecular formula is C11H13F3N2O3. The molecule has 4 N–H and O–H groups in total. The fourth-order valence-electron chi connectivity index (χ4n) is 1.26. The summed E-state index contributed by atoms with van der Waals surface area (Å²) in [5.41, 5.74) is 5.15. The number of carbonyl (C=O) groups excluding carboxylic acids is 1. The molecule has 1 atom stereocenters. The van der Waals surface area contributed by atoms with E-state index in [1.165, 1.54) is 0 Å². The van der Waals surface area contributed by atoms with Crippen LogP contribution >= 0.6 is 0 Å². The predicted octanol–water partition coefficient (Wildman–Crippen LogP) is 1.28. The van der Waals surface area contributed by atoms with Crippen molar-refractivity contribution in [2.24, 2.45) is 0 Å². The summed E-state index contributed by atoms with van der Waals surface area (Å²) in [6, 6.07) is 2.71. The van der Waals surface area contributed by atoms with Crippen LogP contribution in [0.4, 0.5) is 18.9 Å². The Hall–Kier alpha value is -1.96. The minimum atomic E-state index is -4.84. The molecule has 1 rings (SSSR count). The van der Waals surface area contributed by atoms with Crippen molar-refractivity contribution in [2.75, 3.05) is 12.3 Å². The Labute approximate surface area is 107 Å². The first-order valence-corrected chi connectivity index (χ1v) is 5.30. The Morgan fingerprint density at radius 3 is 2.63 bits per heavy atom. The summed E-state index contributed by atoms with van der Waals surface area (Å²) in [5.74, 6) is -1.12. The first kappa shape index (κ1) is 15.1. The lowest BCUT2D eigenvalue weighted by Gasteiger charge is -2.13. The van der Waals surface area contributed by atoms with Gasteiger partial charge in [-0.25, -0.2) is 0 Å². The predicted molar refractivity (Wildman–Crippen MR) is 61.6 cm³/mol. The normalized spacial score (nSPS) is 12.9. The Morgan fingerprint density at radius 2 is 2.16 bits per heavy atom. The molecule has 1 aromatic rings. The Balaban J connectivity index is 2.85. The van der Waals surface area contributed by atoms with Gasteiger partial charge in [0.15, 0.2) is 5.75 Å². The van der Waals surface area contributed by atoms with Gasteiger partial charge in [0.1, 0.15) is 0 Å². The van der Waals surface area contributed by atoms with Crippen molar-refractivity contribution in [1.29, 1.82) is 0 Å². The van der Waals surface area contributed by atoms with Crippen molar-refractivity contribution < 1.29 is 27.8 Å². The highest BCUT2D eigenvalue weighted by atomic mass is 19.4. The lowest BCUT2D eigenvalue weighted by molar-refractivity contribution is -0.274. The average Bonchev–Trinajstić information content (AvgIpc) is 2.29. The zero-order valence-corrected chi connectivity index (χ0v) is 9.99. The molecule has 0 spiro atoms. The van der Waals surface area contributed by atoms with Crippen molar-refractivity contribution in [3.63, 3.8) is 0 Å². The lowest BCUT2D eigenvalue weighted by atomic mass is 10.1. The van der Waals surface area contributed by atoms with E-state index in [2.05, 4.69) is 10.1 Å². The average molecular weight is 278 g/mol. The maximum atomic E-state index is 12.0. The number of alkyl halides is 3. The molecule has 0 heterocycles. The van der Waals surface area contributed by atoms with E-state index in [1.54, 1.807) is 6.92 Å². The molecule has 0 bridgehead atoms. The standard InChI is InChI=1S/C11H13F3N2O3/c1-6(5-17)16-10(18)7-2-3-9(8(15)4-7)19-11(12,13)14/h2-4,6,17H,5,15H2,1H3,(H,16,18)/t6-/m0/s1. The van der Waals surface area contributed by atoms with Crippen LogP contribution in [0.15, 0.2) is 18.2 Å². The molecule has 8 heteroatoms. The summed E-state index contributed by atoms with van der Waals surface area (Å²) in [6.07, 6.45) is -4.84. The number of anilines is 1. The van der Waals surface area contributed by atoms with Crippen LogP contribution in [-0.2, 0) is 0 Å². The fourth-order valence-corrected chi connectivity index (χ4v) is 1.26. The highest BCUT2D eigenvalue weighted by molar-refractivity contribution is 5.95. The highest BCUT2D eigenvalue weighted by Crippen LogP contribution is 2.28. The third-order valence-corrected chi connectivity index (χ3v) is 2.15. The molecule has 0 aromatic heterocycles. The van der Waals surface area contributed by atoms with Crippen molar-refractivity contribution >= 4 is 11.6 Å². The third kappa shape index (κ3) is 4.66. The quantitative estimate of drug-likeness (QED) is 0.724. The van der Waals surface area contributed by atoms with E-state index in [-0.39, 0.29) is 17.9 Å². The monoisotopic (exact) mass is 278 g/mol. The SMILES string of the molecule is C[C@@H](CO)NC(=O)c1ccc(OC(F)(F)F)c(N)c1. The number of benzene rings is 1. The van der Waals surface area contributed by atoms with Crippen molar-refractivity contribution in [3.05, 3.63) is 23.8 Å². The maximum absolute atomic E-state index is 12.0. The van der Waals surface area contributed by atoms with Crippen molar-refractivity contribution in [3.8, 4) is 5.75 Å². The second-order valence-corrected chi connectivity index (χ2v) is 3.86. The van der Waals surface area contributed by atoms with Gasteiger partial charge in [-0.3, -0.25) is 4.79 Å². The largest absolute Gasteiger partial charge is 0.573 e. The van der Waals surface area contributed by atoms with Crippen LogP contribution < -0.4 is 15.8 Å². The molecular weight excluding hydrogens is 265 g/mol. The van der Waals surface area contributed by atoms with E-state index in [0.29, 0.717) is 0 Å². The van der Waals surface area contributed by atoms with Gasteiger partial charge < -0.3 is 20.9 Å². The number of nitrogen functional groups attached to an aromatic ring is 1. The van der Waals surface area contributed by atoms with Crippen molar-refractivity contribution in [1.82, 2.24) is 5.32 Å².